The summed E-state index contributed by atoms with van der Waals surface area (Å²) >= 11 is 0. The van der Waals surface area contributed by atoms with Gasteiger partial charge in [-0.2, -0.15) is 0 Å². The third kappa shape index (κ3) is 3.34. The number of carboxylic acid groups (broad SMARTS) is 2. The Morgan fingerprint density at radius 3 is 2.32 bits per heavy atom. The maximum Gasteiger partial charge on any atom is 0.335 e. The Bertz CT molecular complexity index is 719. The lowest BCUT2D eigenvalue weighted by Gasteiger charge is -2.17. The molecule has 4 nitrogen and oxygen atoms in total. The van der Waals surface area contributed by atoms with Crippen molar-refractivity contribution in [3.63, 3.8) is 0 Å². The van der Waals surface area contributed by atoms with Gasteiger partial charge in [0.2, 0.25) is 0 Å². The molecule has 0 radical (unpaired) electrons. The number of benzene rings is 2. The third-order valence-electron chi connectivity index (χ3n) is 3.77. The molecule has 0 spiro atoms. The highest BCUT2D eigenvalue weighted by Gasteiger charge is 2.24. The van der Waals surface area contributed by atoms with Gasteiger partial charge in [-0.3, -0.25) is 4.79 Å². The Hall–Kier alpha value is -2.62. The average Bonchev–Trinajstić information content (AvgIpc) is 2.45. The normalized spacial score (nSPS) is 11.9. The zero-order valence-corrected chi connectivity index (χ0v) is 12.5. The van der Waals surface area contributed by atoms with Crippen LogP contribution in [0.3, 0.4) is 0 Å². The Labute approximate surface area is 129 Å². The van der Waals surface area contributed by atoms with Gasteiger partial charge in [0.15, 0.2) is 0 Å². The molecule has 114 valence electrons. The van der Waals surface area contributed by atoms with Gasteiger partial charge >= 0.3 is 11.9 Å². The summed E-state index contributed by atoms with van der Waals surface area (Å²) in [4.78, 5) is 22.9. The smallest absolute Gasteiger partial charge is 0.335 e. The van der Waals surface area contributed by atoms with Gasteiger partial charge in [0, 0.05) is 0 Å². The molecule has 0 aliphatic carbocycles. The Kier molecular flexibility index (Phi) is 4.61. The van der Waals surface area contributed by atoms with Gasteiger partial charge in [-0.15, -0.1) is 0 Å². The first-order valence-electron chi connectivity index (χ1n) is 7.01. The van der Waals surface area contributed by atoms with Gasteiger partial charge in [-0.1, -0.05) is 42.0 Å². The number of carboxylic acids is 2. The van der Waals surface area contributed by atoms with Gasteiger partial charge in [0.05, 0.1) is 11.5 Å². The third-order valence-corrected chi connectivity index (χ3v) is 3.77. The predicted octanol–water partition coefficient (Wildman–Crippen LogP) is 3.41. The van der Waals surface area contributed by atoms with Crippen LogP contribution in [0.5, 0.6) is 0 Å². The number of aromatic carboxylic acids is 1. The van der Waals surface area contributed by atoms with Gasteiger partial charge in [-0.05, 0) is 43.0 Å². The largest absolute Gasteiger partial charge is 0.481 e. The van der Waals surface area contributed by atoms with Crippen molar-refractivity contribution in [1.29, 1.82) is 0 Å². The predicted molar refractivity (Wildman–Crippen MR) is 83.4 cm³/mol. The lowest BCUT2D eigenvalue weighted by Crippen LogP contribution is -2.17. The summed E-state index contributed by atoms with van der Waals surface area (Å²) in [5.74, 6) is -2.76. The van der Waals surface area contributed by atoms with E-state index in [1.54, 1.807) is 18.2 Å². The molecule has 2 aromatic rings. The molecule has 4 heteroatoms. The van der Waals surface area contributed by atoms with Crippen LogP contribution >= 0.6 is 0 Å². The molecule has 0 aliphatic heterocycles. The van der Waals surface area contributed by atoms with E-state index in [2.05, 4.69) is 0 Å². The van der Waals surface area contributed by atoms with Crippen LogP contribution in [0.2, 0.25) is 0 Å². The van der Waals surface area contributed by atoms with E-state index < -0.39 is 17.9 Å². The van der Waals surface area contributed by atoms with Crippen LogP contribution in [-0.2, 0) is 11.2 Å². The van der Waals surface area contributed by atoms with E-state index in [9.17, 15) is 19.8 Å². The molecule has 0 fully saturated rings. The standard InChI is InChI=1S/C18H18O4/c1-11-7-8-14(12(2)9-11)16(18(21)22)10-13-5-3-4-6-15(13)17(19)20/h3-9,16H,10H2,1-2H3,(H,19,20)(H,21,22). The van der Waals surface area contributed by atoms with E-state index >= 15 is 0 Å². The molecule has 0 saturated heterocycles. The summed E-state index contributed by atoms with van der Waals surface area (Å²) in [6.07, 6.45) is 0.154. The summed E-state index contributed by atoms with van der Waals surface area (Å²) in [7, 11) is 0. The molecule has 2 rings (SSSR count). The van der Waals surface area contributed by atoms with E-state index in [4.69, 9.17) is 0 Å². The summed E-state index contributed by atoms with van der Waals surface area (Å²) in [5, 5.41) is 18.8. The number of hydrogen-bond acceptors (Lipinski definition) is 2. The number of aliphatic carboxylic acids is 1. The van der Waals surface area contributed by atoms with Crippen molar-refractivity contribution < 1.29 is 19.8 Å². The first-order chi connectivity index (χ1) is 10.4. The highest BCUT2D eigenvalue weighted by molar-refractivity contribution is 5.89. The van der Waals surface area contributed by atoms with Crippen LogP contribution in [0.4, 0.5) is 0 Å². The number of carbonyl (C=O) groups is 2. The minimum absolute atomic E-state index is 0.151. The van der Waals surface area contributed by atoms with Gasteiger partial charge in [0.25, 0.3) is 0 Å². The second-order valence-electron chi connectivity index (χ2n) is 5.42. The summed E-state index contributed by atoms with van der Waals surface area (Å²) in [6, 6.07) is 12.2. The second-order valence-corrected chi connectivity index (χ2v) is 5.42. The fourth-order valence-corrected chi connectivity index (χ4v) is 2.67. The number of rotatable bonds is 5. The molecule has 1 unspecified atom stereocenters. The van der Waals surface area contributed by atoms with E-state index in [-0.39, 0.29) is 12.0 Å². The van der Waals surface area contributed by atoms with Gasteiger partial charge in [-0.25, -0.2) is 4.79 Å². The minimum Gasteiger partial charge on any atom is -0.481 e. The number of aryl methyl sites for hydroxylation is 2. The van der Waals surface area contributed by atoms with Crippen LogP contribution in [0.1, 0.15) is 38.5 Å². The minimum atomic E-state index is -1.04. The van der Waals surface area contributed by atoms with Crippen molar-refractivity contribution in [2.45, 2.75) is 26.2 Å². The molecule has 0 aromatic heterocycles. The molecule has 0 bridgehead atoms. The topological polar surface area (TPSA) is 74.6 Å². The molecule has 0 amide bonds. The van der Waals surface area contributed by atoms with Crippen molar-refractivity contribution >= 4 is 11.9 Å². The van der Waals surface area contributed by atoms with Crippen LogP contribution in [0, 0.1) is 13.8 Å². The van der Waals surface area contributed by atoms with Gasteiger partial charge in [0.1, 0.15) is 0 Å². The molecular weight excluding hydrogens is 280 g/mol. The molecule has 0 heterocycles. The Balaban J connectivity index is 2.43. The number of hydrogen-bond donors (Lipinski definition) is 2. The molecule has 0 aliphatic rings. The van der Waals surface area contributed by atoms with Crippen LogP contribution in [0.25, 0.3) is 0 Å². The fraction of sp³-hybridized carbons (Fsp3) is 0.222. The van der Waals surface area contributed by atoms with Crippen LogP contribution in [0.15, 0.2) is 42.5 Å². The second kappa shape index (κ2) is 6.43. The van der Waals surface area contributed by atoms with Gasteiger partial charge < -0.3 is 10.2 Å². The van der Waals surface area contributed by atoms with Crippen LogP contribution in [-0.4, -0.2) is 22.2 Å². The summed E-state index contributed by atoms with van der Waals surface area (Å²) < 4.78 is 0. The van der Waals surface area contributed by atoms with E-state index in [0.717, 1.165) is 16.7 Å². The first kappa shape index (κ1) is 15.8. The molecule has 2 N–H and O–H groups in total. The summed E-state index contributed by atoms with van der Waals surface area (Å²) in [5.41, 5.74) is 3.37. The molecule has 22 heavy (non-hydrogen) atoms. The molecule has 0 saturated carbocycles. The van der Waals surface area contributed by atoms with Crippen LogP contribution < -0.4 is 0 Å². The molecular formula is C18H18O4. The molecule has 2 aromatic carbocycles. The zero-order valence-electron chi connectivity index (χ0n) is 12.5. The highest BCUT2D eigenvalue weighted by Crippen LogP contribution is 2.26. The first-order valence-corrected chi connectivity index (χ1v) is 7.01. The molecule has 1 atom stereocenters. The lowest BCUT2D eigenvalue weighted by atomic mass is 9.87. The SMILES string of the molecule is Cc1ccc(C(Cc2ccccc2C(=O)O)C(=O)O)c(C)c1. The van der Waals surface area contributed by atoms with Crippen molar-refractivity contribution in [1.82, 2.24) is 0 Å². The summed E-state index contributed by atoms with van der Waals surface area (Å²) in [6.45, 7) is 3.83. The quantitative estimate of drug-likeness (QED) is 0.887. The van der Waals surface area contributed by atoms with Crippen molar-refractivity contribution in [2.75, 3.05) is 0 Å². The maximum absolute atomic E-state index is 11.7. The maximum atomic E-state index is 11.7. The Morgan fingerprint density at radius 1 is 1.05 bits per heavy atom. The van der Waals surface area contributed by atoms with Crippen molar-refractivity contribution in [3.05, 3.63) is 70.3 Å². The van der Waals surface area contributed by atoms with E-state index in [1.807, 2.05) is 32.0 Å². The lowest BCUT2D eigenvalue weighted by molar-refractivity contribution is -0.138. The highest BCUT2D eigenvalue weighted by atomic mass is 16.4. The fourth-order valence-electron chi connectivity index (χ4n) is 2.67. The Morgan fingerprint density at radius 2 is 1.73 bits per heavy atom. The van der Waals surface area contributed by atoms with Crippen molar-refractivity contribution in [2.24, 2.45) is 0 Å². The zero-order chi connectivity index (χ0) is 16.3. The average molecular weight is 298 g/mol. The van der Waals surface area contributed by atoms with E-state index in [1.165, 1.54) is 6.07 Å². The monoisotopic (exact) mass is 298 g/mol. The van der Waals surface area contributed by atoms with E-state index in [0.29, 0.717) is 5.56 Å². The van der Waals surface area contributed by atoms with Crippen molar-refractivity contribution in [3.8, 4) is 0 Å².